The number of allylic oxidation sites excluding steroid dienone is 1. The number of sulfonamides is 1. The molecule has 0 spiro atoms. The van der Waals surface area contributed by atoms with Gasteiger partial charge in [0.05, 0.1) is 17.1 Å². The van der Waals surface area contributed by atoms with Crippen LogP contribution in [-0.4, -0.2) is 45.8 Å². The van der Waals surface area contributed by atoms with Crippen molar-refractivity contribution >= 4 is 21.7 Å². The lowest BCUT2D eigenvalue weighted by atomic mass is 9.97. The van der Waals surface area contributed by atoms with E-state index in [2.05, 4.69) is 16.1 Å². The molecule has 1 aromatic rings. The van der Waals surface area contributed by atoms with Gasteiger partial charge in [-0.25, -0.2) is 17.9 Å². The summed E-state index contributed by atoms with van der Waals surface area (Å²) in [6, 6.07) is 3.69. The Bertz CT molecular complexity index is 789. The van der Waals surface area contributed by atoms with Gasteiger partial charge in [0.15, 0.2) is 0 Å². The molecule has 1 atom stereocenters. The summed E-state index contributed by atoms with van der Waals surface area (Å²) >= 11 is 0. The van der Waals surface area contributed by atoms with Crippen molar-refractivity contribution in [1.29, 1.82) is 0 Å². The van der Waals surface area contributed by atoms with Gasteiger partial charge in [0.2, 0.25) is 10.0 Å². The van der Waals surface area contributed by atoms with E-state index in [-0.39, 0.29) is 17.1 Å². The Labute approximate surface area is 160 Å². The monoisotopic (exact) mass is 396 g/mol. The Hall–Kier alpha value is -1.90. The standard InChI is InChI=1S/C19H28N2O5S/c1-14(13-26-2)21-27(24,25)16-8-9-18(17(12-16)19(22)23)20-11-10-15-6-4-3-5-7-15/h6,8-9,12,14,20-21H,3-5,7,10-11,13H2,1-2H3,(H,22,23). The molecule has 0 radical (unpaired) electrons. The van der Waals surface area contributed by atoms with E-state index in [4.69, 9.17) is 4.74 Å². The molecule has 0 saturated carbocycles. The molecule has 3 N–H and O–H groups in total. The smallest absolute Gasteiger partial charge is 0.337 e. The van der Waals surface area contributed by atoms with Crippen LogP contribution in [0.25, 0.3) is 0 Å². The van der Waals surface area contributed by atoms with Crippen molar-refractivity contribution in [3.63, 3.8) is 0 Å². The molecular weight excluding hydrogens is 368 g/mol. The fourth-order valence-corrected chi connectivity index (χ4v) is 4.38. The Morgan fingerprint density at radius 2 is 2.11 bits per heavy atom. The zero-order valence-electron chi connectivity index (χ0n) is 15.8. The Kier molecular flexibility index (Phi) is 7.82. The summed E-state index contributed by atoms with van der Waals surface area (Å²) in [5, 5.41) is 12.6. The molecule has 0 aliphatic heterocycles. The van der Waals surface area contributed by atoms with E-state index >= 15 is 0 Å². The summed E-state index contributed by atoms with van der Waals surface area (Å²) in [7, 11) is -2.34. The van der Waals surface area contributed by atoms with Crippen LogP contribution < -0.4 is 10.0 Å². The Morgan fingerprint density at radius 3 is 2.74 bits per heavy atom. The number of nitrogens with one attached hydrogen (secondary N) is 2. The predicted molar refractivity (Wildman–Crippen MR) is 105 cm³/mol. The number of aromatic carboxylic acids is 1. The number of ether oxygens (including phenoxy) is 1. The summed E-state index contributed by atoms with van der Waals surface area (Å²) in [6.45, 7) is 2.51. The molecule has 0 bridgehead atoms. The van der Waals surface area contributed by atoms with Gasteiger partial charge in [0.1, 0.15) is 0 Å². The van der Waals surface area contributed by atoms with E-state index in [9.17, 15) is 18.3 Å². The zero-order valence-corrected chi connectivity index (χ0v) is 16.6. The van der Waals surface area contributed by atoms with E-state index in [0.717, 1.165) is 19.3 Å². The summed E-state index contributed by atoms with van der Waals surface area (Å²) in [5.41, 5.74) is 1.75. The van der Waals surface area contributed by atoms with Crippen molar-refractivity contribution in [3.05, 3.63) is 35.4 Å². The van der Waals surface area contributed by atoms with Gasteiger partial charge in [-0.05, 0) is 57.2 Å². The van der Waals surface area contributed by atoms with Crippen molar-refractivity contribution < 1.29 is 23.1 Å². The van der Waals surface area contributed by atoms with E-state index in [0.29, 0.717) is 12.2 Å². The summed E-state index contributed by atoms with van der Waals surface area (Å²) < 4.78 is 32.3. The maximum absolute atomic E-state index is 12.4. The number of anilines is 1. The third-order valence-electron chi connectivity index (χ3n) is 4.45. The third kappa shape index (κ3) is 6.34. The number of hydrogen-bond donors (Lipinski definition) is 3. The van der Waals surface area contributed by atoms with Crippen molar-refractivity contribution in [2.75, 3.05) is 25.6 Å². The molecule has 0 fully saturated rings. The first-order chi connectivity index (χ1) is 12.8. The summed E-state index contributed by atoms with van der Waals surface area (Å²) in [4.78, 5) is 11.5. The number of benzene rings is 1. The first-order valence-corrected chi connectivity index (χ1v) is 10.6. The number of carboxylic acid groups (broad SMARTS) is 1. The van der Waals surface area contributed by atoms with Gasteiger partial charge >= 0.3 is 5.97 Å². The van der Waals surface area contributed by atoms with Gasteiger partial charge in [0, 0.05) is 25.4 Å². The van der Waals surface area contributed by atoms with E-state index in [1.807, 2.05) is 0 Å². The highest BCUT2D eigenvalue weighted by Gasteiger charge is 2.21. The first-order valence-electron chi connectivity index (χ1n) is 9.14. The molecule has 1 aliphatic rings. The summed E-state index contributed by atoms with van der Waals surface area (Å²) in [5.74, 6) is -1.17. The van der Waals surface area contributed by atoms with Crippen LogP contribution in [0.15, 0.2) is 34.7 Å². The van der Waals surface area contributed by atoms with E-state index in [1.54, 1.807) is 6.92 Å². The van der Waals surface area contributed by atoms with E-state index in [1.165, 1.54) is 43.7 Å². The van der Waals surface area contributed by atoms with Crippen molar-refractivity contribution in [1.82, 2.24) is 4.72 Å². The highest BCUT2D eigenvalue weighted by Crippen LogP contribution is 2.23. The van der Waals surface area contributed by atoms with Crippen molar-refractivity contribution in [2.24, 2.45) is 0 Å². The molecule has 0 aromatic heterocycles. The maximum Gasteiger partial charge on any atom is 0.337 e. The normalized spacial score (nSPS) is 15.9. The Morgan fingerprint density at radius 1 is 1.33 bits per heavy atom. The molecule has 1 aliphatic carbocycles. The van der Waals surface area contributed by atoms with Gasteiger partial charge in [-0.2, -0.15) is 0 Å². The van der Waals surface area contributed by atoms with Crippen LogP contribution in [0.2, 0.25) is 0 Å². The van der Waals surface area contributed by atoms with Crippen molar-refractivity contribution in [2.45, 2.75) is 50.0 Å². The van der Waals surface area contributed by atoms with Gasteiger partial charge < -0.3 is 15.2 Å². The highest BCUT2D eigenvalue weighted by molar-refractivity contribution is 7.89. The lowest BCUT2D eigenvalue weighted by Gasteiger charge is -2.16. The highest BCUT2D eigenvalue weighted by atomic mass is 32.2. The average molecular weight is 397 g/mol. The van der Waals surface area contributed by atoms with Gasteiger partial charge in [-0.15, -0.1) is 0 Å². The molecule has 0 saturated heterocycles. The average Bonchev–Trinajstić information content (AvgIpc) is 2.62. The number of rotatable bonds is 10. The SMILES string of the molecule is COCC(C)NS(=O)(=O)c1ccc(NCCC2=CCCCC2)c(C(=O)O)c1. The third-order valence-corrected chi connectivity index (χ3v) is 6.04. The molecule has 27 heavy (non-hydrogen) atoms. The lowest BCUT2D eigenvalue weighted by Crippen LogP contribution is -2.35. The largest absolute Gasteiger partial charge is 0.478 e. The second-order valence-electron chi connectivity index (χ2n) is 6.78. The van der Waals surface area contributed by atoms with E-state index < -0.39 is 22.0 Å². The topological polar surface area (TPSA) is 105 Å². The van der Waals surface area contributed by atoms with Gasteiger partial charge in [-0.1, -0.05) is 11.6 Å². The number of hydrogen-bond acceptors (Lipinski definition) is 5. The fourth-order valence-electron chi connectivity index (χ4n) is 3.13. The Balaban J connectivity index is 2.11. The number of carbonyl (C=O) groups is 1. The maximum atomic E-state index is 12.4. The van der Waals surface area contributed by atoms with Gasteiger partial charge in [-0.3, -0.25) is 0 Å². The molecule has 7 nitrogen and oxygen atoms in total. The minimum absolute atomic E-state index is 0.0603. The number of methoxy groups -OCH3 is 1. The molecule has 0 amide bonds. The van der Waals surface area contributed by atoms with Crippen molar-refractivity contribution in [3.8, 4) is 0 Å². The second kappa shape index (κ2) is 9.87. The second-order valence-corrected chi connectivity index (χ2v) is 8.49. The minimum Gasteiger partial charge on any atom is -0.478 e. The predicted octanol–water partition coefficient (Wildman–Crippen LogP) is 3.00. The van der Waals surface area contributed by atoms with Crippen LogP contribution in [0.1, 0.15) is 49.4 Å². The fraction of sp³-hybridized carbons (Fsp3) is 0.526. The van der Waals surface area contributed by atoms with Crippen LogP contribution in [0.3, 0.4) is 0 Å². The lowest BCUT2D eigenvalue weighted by molar-refractivity contribution is 0.0697. The molecule has 1 unspecified atom stereocenters. The van der Waals surface area contributed by atoms with Crippen LogP contribution in [0.4, 0.5) is 5.69 Å². The first kappa shape index (κ1) is 21.4. The minimum atomic E-state index is -3.82. The molecule has 0 heterocycles. The van der Waals surface area contributed by atoms with Gasteiger partial charge in [0.25, 0.3) is 0 Å². The number of carboxylic acids is 1. The zero-order chi connectivity index (χ0) is 19.9. The molecular formula is C19H28N2O5S. The summed E-state index contributed by atoms with van der Waals surface area (Å²) in [6.07, 6.45) is 7.74. The van der Waals surface area contributed by atoms with Crippen LogP contribution in [-0.2, 0) is 14.8 Å². The van der Waals surface area contributed by atoms with Crippen LogP contribution in [0.5, 0.6) is 0 Å². The quantitative estimate of drug-likeness (QED) is 0.525. The molecule has 8 heteroatoms. The molecule has 2 rings (SSSR count). The molecule has 150 valence electrons. The molecule has 1 aromatic carbocycles. The van der Waals surface area contributed by atoms with Crippen LogP contribution in [0, 0.1) is 0 Å². The van der Waals surface area contributed by atoms with Crippen LogP contribution >= 0.6 is 0 Å².